The van der Waals surface area contributed by atoms with Crippen LogP contribution in [0.2, 0.25) is 5.31 Å². The van der Waals surface area contributed by atoms with E-state index in [1.54, 1.807) is 0 Å². The second kappa shape index (κ2) is 5.48. The van der Waals surface area contributed by atoms with Gasteiger partial charge >= 0.3 is 0 Å². The molecule has 1 unspecified atom stereocenters. The smallest absolute Gasteiger partial charge is 0.110 e. The molecular weight excluding hydrogens is 169 g/mol. The summed E-state index contributed by atoms with van der Waals surface area (Å²) in [5, 5.41) is 3.61. The lowest BCUT2D eigenvalue weighted by Gasteiger charge is -2.40. The van der Waals surface area contributed by atoms with E-state index in [4.69, 9.17) is 0 Å². The van der Waals surface area contributed by atoms with Crippen LogP contribution in [0.5, 0.6) is 0 Å². The Morgan fingerprint density at radius 1 is 1.21 bits per heavy atom. The van der Waals surface area contributed by atoms with Crippen LogP contribution in [0.25, 0.3) is 0 Å². The van der Waals surface area contributed by atoms with Crippen LogP contribution in [0.1, 0.15) is 47.5 Å². The normalized spacial score (nSPS) is 16.9. The van der Waals surface area contributed by atoms with E-state index in [1.165, 1.54) is 12.8 Å². The van der Waals surface area contributed by atoms with Gasteiger partial charge in [0.1, 0.15) is 7.85 Å². The summed E-state index contributed by atoms with van der Waals surface area (Å²) in [6.45, 7) is 12.4. The van der Waals surface area contributed by atoms with Crippen LogP contribution in [-0.4, -0.2) is 14.4 Å². The molecule has 0 heterocycles. The fraction of sp³-hybridized carbons (Fsp3) is 0.833. The summed E-state index contributed by atoms with van der Waals surface area (Å²) < 4.78 is 0. The average molecular weight is 195 g/mol. The molecule has 82 valence electrons. The Kier molecular flexibility index (Phi) is 5.32. The molecule has 0 amide bonds. The highest BCUT2D eigenvalue weighted by Gasteiger charge is 2.33. The van der Waals surface area contributed by atoms with E-state index >= 15 is 0 Å². The van der Waals surface area contributed by atoms with E-state index in [0.717, 1.165) is 6.54 Å². The number of hydrogen-bond acceptors (Lipinski definition) is 1. The second-order valence-corrected chi connectivity index (χ2v) is 5.25. The summed E-state index contributed by atoms with van der Waals surface area (Å²) in [6, 6.07) is 0. The van der Waals surface area contributed by atoms with E-state index in [2.05, 4.69) is 60.1 Å². The zero-order chi connectivity index (χ0) is 11.2. The summed E-state index contributed by atoms with van der Waals surface area (Å²) in [5.74, 6) is 0. The van der Waals surface area contributed by atoms with Crippen molar-refractivity contribution in [3.63, 3.8) is 0 Å². The molecule has 14 heavy (non-hydrogen) atoms. The first-order chi connectivity index (χ1) is 6.37. The van der Waals surface area contributed by atoms with Gasteiger partial charge < -0.3 is 5.32 Å². The maximum absolute atomic E-state index is 3.24. The van der Waals surface area contributed by atoms with E-state index in [1.807, 2.05) is 0 Å². The molecule has 0 aromatic carbocycles. The van der Waals surface area contributed by atoms with Gasteiger partial charge in [0.05, 0.1) is 0 Å². The van der Waals surface area contributed by atoms with Gasteiger partial charge in [-0.05, 0) is 18.5 Å². The first kappa shape index (κ1) is 13.6. The van der Waals surface area contributed by atoms with Crippen LogP contribution in [0.15, 0.2) is 12.3 Å². The van der Waals surface area contributed by atoms with E-state index < -0.39 is 0 Å². The molecule has 2 heteroatoms. The highest BCUT2D eigenvalue weighted by molar-refractivity contribution is 6.15. The first-order valence-electron chi connectivity index (χ1n) is 5.78. The van der Waals surface area contributed by atoms with Crippen molar-refractivity contribution < 1.29 is 0 Å². The molecular formula is C12H26BN. The maximum Gasteiger partial charge on any atom is 0.110 e. The third-order valence-electron chi connectivity index (χ3n) is 3.44. The Bertz CT molecular complexity index is 183. The topological polar surface area (TPSA) is 12.0 Å². The van der Waals surface area contributed by atoms with E-state index in [9.17, 15) is 0 Å². The Balaban J connectivity index is 4.42. The van der Waals surface area contributed by atoms with Crippen LogP contribution >= 0.6 is 0 Å². The lowest BCUT2D eigenvalue weighted by atomic mass is 9.53. The standard InChI is InChI=1S/C12H26BN/c1-6-8-12(5,13)11(3,4)9-10-14-7-2/h9-10,14H,6-8,13H2,1-5H3/b10-9+. The predicted molar refractivity (Wildman–Crippen MR) is 68.4 cm³/mol. The van der Waals surface area contributed by atoms with Crippen LogP contribution in [0.4, 0.5) is 0 Å². The quantitative estimate of drug-likeness (QED) is 0.642. The summed E-state index contributed by atoms with van der Waals surface area (Å²) in [5.41, 5.74) is 0.255. The zero-order valence-corrected chi connectivity index (χ0v) is 10.8. The highest BCUT2D eigenvalue weighted by Crippen LogP contribution is 2.47. The molecule has 0 spiro atoms. The lowest BCUT2D eigenvalue weighted by Crippen LogP contribution is -2.28. The minimum absolute atomic E-state index is 0.255. The van der Waals surface area contributed by atoms with Gasteiger partial charge in [0, 0.05) is 6.54 Å². The number of nitrogens with one attached hydrogen (secondary N) is 1. The lowest BCUT2D eigenvalue weighted by molar-refractivity contribution is 0.308. The average Bonchev–Trinajstić information content (AvgIpc) is 2.04. The molecule has 0 saturated carbocycles. The summed E-state index contributed by atoms with van der Waals surface area (Å²) in [6.07, 6.45) is 6.92. The molecule has 0 aliphatic rings. The van der Waals surface area contributed by atoms with Crippen molar-refractivity contribution in [3.8, 4) is 0 Å². The SMILES string of the molecule is BC(C)(CCC)C(C)(C)/C=C/NCC. The zero-order valence-electron chi connectivity index (χ0n) is 10.8. The van der Waals surface area contributed by atoms with Crippen molar-refractivity contribution >= 4 is 7.85 Å². The third-order valence-corrected chi connectivity index (χ3v) is 3.44. The Labute approximate surface area is 90.8 Å². The van der Waals surface area contributed by atoms with Gasteiger partial charge in [0.15, 0.2) is 0 Å². The predicted octanol–water partition coefficient (Wildman–Crippen LogP) is 2.75. The van der Waals surface area contributed by atoms with E-state index in [-0.39, 0.29) is 5.41 Å². The minimum atomic E-state index is 0.255. The summed E-state index contributed by atoms with van der Waals surface area (Å²) in [4.78, 5) is 0. The first-order valence-corrected chi connectivity index (χ1v) is 5.78. The molecule has 0 bridgehead atoms. The molecule has 0 aromatic heterocycles. The molecule has 0 aromatic rings. The Morgan fingerprint density at radius 3 is 2.21 bits per heavy atom. The van der Waals surface area contributed by atoms with Crippen molar-refractivity contribution in [1.29, 1.82) is 0 Å². The summed E-state index contributed by atoms with van der Waals surface area (Å²) >= 11 is 0. The molecule has 1 atom stereocenters. The van der Waals surface area contributed by atoms with Crippen molar-refractivity contribution in [1.82, 2.24) is 5.32 Å². The van der Waals surface area contributed by atoms with Gasteiger partial charge in [0.25, 0.3) is 0 Å². The fourth-order valence-electron chi connectivity index (χ4n) is 1.56. The van der Waals surface area contributed by atoms with Crippen molar-refractivity contribution in [2.24, 2.45) is 5.41 Å². The molecule has 0 saturated heterocycles. The van der Waals surface area contributed by atoms with Crippen LogP contribution < -0.4 is 5.32 Å². The molecule has 0 aliphatic carbocycles. The van der Waals surface area contributed by atoms with Gasteiger partial charge in [-0.3, -0.25) is 0 Å². The van der Waals surface area contributed by atoms with Crippen LogP contribution in [-0.2, 0) is 0 Å². The minimum Gasteiger partial charge on any atom is -0.391 e. The third kappa shape index (κ3) is 3.77. The fourth-order valence-corrected chi connectivity index (χ4v) is 1.56. The number of hydrogen-bond donors (Lipinski definition) is 1. The van der Waals surface area contributed by atoms with Gasteiger partial charge in [0.2, 0.25) is 0 Å². The Hall–Kier alpha value is -0.395. The van der Waals surface area contributed by atoms with Gasteiger partial charge in [-0.1, -0.05) is 51.9 Å². The second-order valence-electron chi connectivity index (χ2n) is 5.25. The summed E-state index contributed by atoms with van der Waals surface area (Å²) in [7, 11) is 2.35. The largest absolute Gasteiger partial charge is 0.391 e. The molecule has 1 N–H and O–H groups in total. The van der Waals surface area contributed by atoms with Crippen molar-refractivity contribution in [2.45, 2.75) is 52.8 Å². The van der Waals surface area contributed by atoms with Crippen LogP contribution in [0, 0.1) is 5.41 Å². The van der Waals surface area contributed by atoms with Gasteiger partial charge in [-0.15, -0.1) is 0 Å². The van der Waals surface area contributed by atoms with Crippen molar-refractivity contribution in [3.05, 3.63) is 12.3 Å². The molecule has 0 aliphatic heterocycles. The monoisotopic (exact) mass is 195 g/mol. The highest BCUT2D eigenvalue weighted by atomic mass is 14.8. The molecule has 0 radical (unpaired) electrons. The van der Waals surface area contributed by atoms with Gasteiger partial charge in [-0.2, -0.15) is 0 Å². The molecule has 0 rings (SSSR count). The number of allylic oxidation sites excluding steroid dienone is 1. The number of rotatable bonds is 6. The van der Waals surface area contributed by atoms with Gasteiger partial charge in [-0.25, -0.2) is 0 Å². The van der Waals surface area contributed by atoms with Crippen molar-refractivity contribution in [2.75, 3.05) is 6.54 Å². The molecule has 1 nitrogen and oxygen atoms in total. The van der Waals surface area contributed by atoms with E-state index in [0.29, 0.717) is 5.31 Å². The Morgan fingerprint density at radius 2 is 1.79 bits per heavy atom. The maximum atomic E-state index is 3.24. The molecule has 0 fully saturated rings. The van der Waals surface area contributed by atoms with Crippen LogP contribution in [0.3, 0.4) is 0 Å².